The molecule has 1 aromatic heterocycles. The Labute approximate surface area is 129 Å². The highest BCUT2D eigenvalue weighted by molar-refractivity contribution is 9.10. The molecule has 0 saturated carbocycles. The molecule has 3 aromatic rings. The van der Waals surface area contributed by atoms with Crippen molar-refractivity contribution in [2.45, 2.75) is 6.92 Å². The molecule has 3 rings (SSSR count). The SMILES string of the molecule is Cc1cc(Br)ccc1-n1c(=S)[nH]c2ccccc2c1=O. The fraction of sp³-hybridized carbons (Fsp3) is 0.0667. The molecule has 0 bridgehead atoms. The van der Waals surface area contributed by atoms with Crippen LogP contribution in [-0.4, -0.2) is 9.55 Å². The lowest BCUT2D eigenvalue weighted by Gasteiger charge is -2.11. The fourth-order valence-corrected chi connectivity index (χ4v) is 3.02. The molecule has 2 aromatic carbocycles. The highest BCUT2D eigenvalue weighted by atomic mass is 79.9. The molecule has 0 saturated heterocycles. The monoisotopic (exact) mass is 346 g/mol. The average Bonchev–Trinajstić information content (AvgIpc) is 2.41. The molecule has 0 spiro atoms. The summed E-state index contributed by atoms with van der Waals surface area (Å²) in [6, 6.07) is 13.1. The van der Waals surface area contributed by atoms with Gasteiger partial charge in [-0.2, -0.15) is 0 Å². The van der Waals surface area contributed by atoms with Gasteiger partial charge in [-0.25, -0.2) is 0 Å². The Morgan fingerprint density at radius 1 is 1.20 bits per heavy atom. The number of fused-ring (bicyclic) bond motifs is 1. The van der Waals surface area contributed by atoms with E-state index in [0.717, 1.165) is 21.2 Å². The van der Waals surface area contributed by atoms with E-state index in [4.69, 9.17) is 12.2 Å². The average molecular weight is 347 g/mol. The Morgan fingerprint density at radius 2 is 1.95 bits per heavy atom. The molecule has 0 radical (unpaired) electrons. The normalized spacial score (nSPS) is 10.9. The number of rotatable bonds is 1. The zero-order valence-electron chi connectivity index (χ0n) is 10.7. The van der Waals surface area contributed by atoms with E-state index in [0.29, 0.717) is 10.2 Å². The second-order valence-electron chi connectivity index (χ2n) is 4.55. The van der Waals surface area contributed by atoms with Crippen molar-refractivity contribution in [3.63, 3.8) is 0 Å². The maximum Gasteiger partial charge on any atom is 0.266 e. The van der Waals surface area contributed by atoms with Crippen LogP contribution in [-0.2, 0) is 0 Å². The first-order valence-electron chi connectivity index (χ1n) is 6.08. The number of aryl methyl sites for hydroxylation is 1. The van der Waals surface area contributed by atoms with E-state index in [-0.39, 0.29) is 5.56 Å². The Kier molecular flexibility index (Phi) is 3.31. The van der Waals surface area contributed by atoms with Crippen LogP contribution in [0.2, 0.25) is 0 Å². The molecule has 0 aliphatic carbocycles. The van der Waals surface area contributed by atoms with Crippen LogP contribution in [0.15, 0.2) is 51.7 Å². The molecule has 0 aliphatic rings. The predicted octanol–water partition coefficient (Wildman–Crippen LogP) is 4.12. The van der Waals surface area contributed by atoms with Crippen molar-refractivity contribution >= 4 is 39.1 Å². The second kappa shape index (κ2) is 5.00. The van der Waals surface area contributed by atoms with E-state index in [1.54, 1.807) is 10.6 Å². The van der Waals surface area contributed by atoms with Crippen LogP contribution < -0.4 is 5.56 Å². The number of hydrogen-bond donors (Lipinski definition) is 1. The summed E-state index contributed by atoms with van der Waals surface area (Å²) in [6.45, 7) is 1.95. The molecule has 20 heavy (non-hydrogen) atoms. The van der Waals surface area contributed by atoms with E-state index in [1.165, 1.54) is 0 Å². The number of aromatic nitrogens is 2. The highest BCUT2D eigenvalue weighted by Gasteiger charge is 2.09. The Bertz CT molecular complexity index is 927. The van der Waals surface area contributed by atoms with Gasteiger partial charge in [-0.05, 0) is 55.0 Å². The minimum Gasteiger partial charge on any atom is -0.331 e. The van der Waals surface area contributed by atoms with Crippen LogP contribution in [0.5, 0.6) is 0 Å². The molecule has 3 nitrogen and oxygen atoms in total. The molecule has 100 valence electrons. The van der Waals surface area contributed by atoms with Gasteiger partial charge in [-0.15, -0.1) is 0 Å². The summed E-state index contributed by atoms with van der Waals surface area (Å²) in [5.74, 6) is 0. The van der Waals surface area contributed by atoms with E-state index in [2.05, 4.69) is 20.9 Å². The molecule has 1 heterocycles. The van der Waals surface area contributed by atoms with Crippen molar-refractivity contribution < 1.29 is 0 Å². The highest BCUT2D eigenvalue weighted by Crippen LogP contribution is 2.19. The predicted molar refractivity (Wildman–Crippen MR) is 87.2 cm³/mol. The largest absolute Gasteiger partial charge is 0.331 e. The number of nitrogens with zero attached hydrogens (tertiary/aromatic N) is 1. The van der Waals surface area contributed by atoms with Crippen molar-refractivity contribution in [2.75, 3.05) is 0 Å². The van der Waals surface area contributed by atoms with Crippen LogP contribution >= 0.6 is 28.1 Å². The second-order valence-corrected chi connectivity index (χ2v) is 5.85. The summed E-state index contributed by atoms with van der Waals surface area (Å²) in [7, 11) is 0. The van der Waals surface area contributed by atoms with Crippen molar-refractivity contribution in [3.8, 4) is 5.69 Å². The standard InChI is InChI=1S/C15H11BrN2OS/c1-9-8-10(16)6-7-13(9)18-14(19)11-4-2-3-5-12(11)17-15(18)20/h2-8H,1H3,(H,17,20). The van der Waals surface area contributed by atoms with Crippen molar-refractivity contribution in [3.05, 3.63) is 67.6 Å². The molecular weight excluding hydrogens is 336 g/mol. The van der Waals surface area contributed by atoms with Crippen LogP contribution in [0, 0.1) is 11.7 Å². The maximum atomic E-state index is 12.7. The van der Waals surface area contributed by atoms with Gasteiger partial charge >= 0.3 is 0 Å². The summed E-state index contributed by atoms with van der Waals surface area (Å²) < 4.78 is 2.92. The summed E-state index contributed by atoms with van der Waals surface area (Å²) >= 11 is 8.76. The molecule has 1 N–H and O–H groups in total. The zero-order chi connectivity index (χ0) is 14.3. The quantitative estimate of drug-likeness (QED) is 0.673. The van der Waals surface area contributed by atoms with E-state index >= 15 is 0 Å². The topological polar surface area (TPSA) is 37.8 Å². The van der Waals surface area contributed by atoms with Crippen LogP contribution in [0.3, 0.4) is 0 Å². The lowest BCUT2D eigenvalue weighted by Crippen LogP contribution is -2.21. The molecule has 5 heteroatoms. The number of benzene rings is 2. The Morgan fingerprint density at radius 3 is 2.70 bits per heavy atom. The minimum atomic E-state index is -0.102. The first kappa shape index (κ1) is 13.3. The number of aromatic amines is 1. The zero-order valence-corrected chi connectivity index (χ0v) is 13.1. The summed E-state index contributed by atoms with van der Waals surface area (Å²) in [6.07, 6.45) is 0. The van der Waals surface area contributed by atoms with E-state index in [9.17, 15) is 4.79 Å². The van der Waals surface area contributed by atoms with Gasteiger partial charge in [0.1, 0.15) is 0 Å². The third kappa shape index (κ3) is 2.13. The minimum absolute atomic E-state index is 0.102. The molecule has 0 atom stereocenters. The van der Waals surface area contributed by atoms with Gasteiger partial charge < -0.3 is 4.98 Å². The smallest absolute Gasteiger partial charge is 0.266 e. The van der Waals surface area contributed by atoms with Gasteiger partial charge in [0.25, 0.3) is 5.56 Å². The molecule has 0 aliphatic heterocycles. The van der Waals surface area contributed by atoms with E-state index in [1.807, 2.05) is 43.3 Å². The van der Waals surface area contributed by atoms with Crippen molar-refractivity contribution in [1.29, 1.82) is 0 Å². The number of H-pyrrole nitrogens is 1. The summed E-state index contributed by atoms with van der Waals surface area (Å²) in [5, 5.41) is 0.628. The Hall–Kier alpha value is -1.72. The van der Waals surface area contributed by atoms with Gasteiger partial charge in [0, 0.05) is 4.47 Å². The summed E-state index contributed by atoms with van der Waals surface area (Å²) in [5.41, 5.74) is 2.43. The van der Waals surface area contributed by atoms with Crippen molar-refractivity contribution in [1.82, 2.24) is 9.55 Å². The van der Waals surface area contributed by atoms with Crippen molar-refractivity contribution in [2.24, 2.45) is 0 Å². The number of halogens is 1. The van der Waals surface area contributed by atoms with Gasteiger partial charge in [-0.3, -0.25) is 9.36 Å². The fourth-order valence-electron chi connectivity index (χ4n) is 2.25. The van der Waals surface area contributed by atoms with Gasteiger partial charge in [0.15, 0.2) is 4.77 Å². The first-order valence-corrected chi connectivity index (χ1v) is 7.28. The Balaban J connectivity index is 2.43. The van der Waals surface area contributed by atoms with Gasteiger partial charge in [0.2, 0.25) is 0 Å². The van der Waals surface area contributed by atoms with E-state index < -0.39 is 0 Å². The lowest BCUT2D eigenvalue weighted by atomic mass is 10.2. The third-order valence-electron chi connectivity index (χ3n) is 3.20. The lowest BCUT2D eigenvalue weighted by molar-refractivity contribution is 0.930. The summed E-state index contributed by atoms with van der Waals surface area (Å²) in [4.78, 5) is 15.8. The third-order valence-corrected chi connectivity index (χ3v) is 3.98. The molecule has 0 fully saturated rings. The number of para-hydroxylation sites is 1. The molecule has 0 amide bonds. The van der Waals surface area contributed by atoms with Gasteiger partial charge in [-0.1, -0.05) is 28.1 Å². The van der Waals surface area contributed by atoms with Crippen LogP contribution in [0.1, 0.15) is 5.56 Å². The molecule has 0 unspecified atom stereocenters. The first-order chi connectivity index (χ1) is 9.58. The number of nitrogens with one attached hydrogen (secondary N) is 1. The van der Waals surface area contributed by atoms with Gasteiger partial charge in [0.05, 0.1) is 16.6 Å². The molecular formula is C15H11BrN2OS. The maximum absolute atomic E-state index is 12.7. The number of hydrogen-bond acceptors (Lipinski definition) is 2. The van der Waals surface area contributed by atoms with Crippen LogP contribution in [0.25, 0.3) is 16.6 Å². The van der Waals surface area contributed by atoms with Crippen LogP contribution in [0.4, 0.5) is 0 Å².